The predicted molar refractivity (Wildman–Crippen MR) is 115 cm³/mol. The average Bonchev–Trinajstić information content (AvgIpc) is 3.08. The highest BCUT2D eigenvalue weighted by atomic mass is 16.5. The summed E-state index contributed by atoms with van der Waals surface area (Å²) in [7, 11) is 1.59. The Morgan fingerprint density at radius 3 is 2.50 bits per heavy atom. The molecule has 0 radical (unpaired) electrons. The molecular weight excluding hydrogens is 382 g/mol. The van der Waals surface area contributed by atoms with Crippen LogP contribution in [0.2, 0.25) is 0 Å². The Labute approximate surface area is 175 Å². The first-order valence-electron chi connectivity index (χ1n) is 9.89. The third kappa shape index (κ3) is 5.29. The highest BCUT2D eigenvalue weighted by Crippen LogP contribution is 2.27. The minimum Gasteiger partial charge on any atom is -0.497 e. The van der Waals surface area contributed by atoms with Crippen LogP contribution in [0.5, 0.6) is 5.75 Å². The van der Waals surface area contributed by atoms with E-state index in [-0.39, 0.29) is 0 Å². The molecule has 0 spiro atoms. The van der Waals surface area contributed by atoms with Crippen LogP contribution >= 0.6 is 0 Å². The standard InChI is InChI=1S/C24H25NO5/c1-3-4-16-29-22(26)15-14-21-23(19-10-12-20(28-2)13-11-19)30-24(27)25(21)17-18-8-6-5-7-9-18/h5-15H,3-4,16-17H2,1-2H3/b15-14+. The molecule has 0 aliphatic rings. The van der Waals surface area contributed by atoms with Gasteiger partial charge in [-0.1, -0.05) is 43.7 Å². The number of esters is 1. The van der Waals surface area contributed by atoms with Gasteiger partial charge in [0.1, 0.15) is 5.75 Å². The van der Waals surface area contributed by atoms with Gasteiger partial charge in [0.05, 0.1) is 26.0 Å². The van der Waals surface area contributed by atoms with Crippen molar-refractivity contribution in [2.75, 3.05) is 13.7 Å². The zero-order valence-corrected chi connectivity index (χ0v) is 17.2. The number of hydrogen-bond donors (Lipinski definition) is 0. The minimum absolute atomic E-state index is 0.323. The van der Waals surface area contributed by atoms with E-state index in [9.17, 15) is 9.59 Å². The van der Waals surface area contributed by atoms with Crippen LogP contribution in [0.1, 0.15) is 31.0 Å². The molecule has 6 nitrogen and oxygen atoms in total. The largest absolute Gasteiger partial charge is 0.497 e. The van der Waals surface area contributed by atoms with Crippen LogP contribution in [0.4, 0.5) is 0 Å². The topological polar surface area (TPSA) is 70.7 Å². The summed E-state index contributed by atoms with van der Waals surface area (Å²) in [5.41, 5.74) is 2.15. The number of carbonyl (C=O) groups excluding carboxylic acids is 1. The normalized spacial score (nSPS) is 11.0. The van der Waals surface area contributed by atoms with Crippen LogP contribution in [-0.4, -0.2) is 24.3 Å². The molecular formula is C24H25NO5. The third-order valence-corrected chi connectivity index (χ3v) is 4.59. The van der Waals surface area contributed by atoms with E-state index in [1.54, 1.807) is 37.5 Å². The van der Waals surface area contributed by atoms with Gasteiger partial charge in [0, 0.05) is 11.6 Å². The van der Waals surface area contributed by atoms with Crippen molar-refractivity contribution < 1.29 is 18.7 Å². The Morgan fingerprint density at radius 2 is 1.83 bits per heavy atom. The molecule has 0 atom stereocenters. The van der Waals surface area contributed by atoms with Gasteiger partial charge < -0.3 is 13.9 Å². The minimum atomic E-state index is -0.497. The van der Waals surface area contributed by atoms with Crippen LogP contribution in [0.15, 0.2) is 69.9 Å². The van der Waals surface area contributed by atoms with E-state index in [4.69, 9.17) is 13.9 Å². The fourth-order valence-electron chi connectivity index (χ4n) is 2.96. The molecule has 0 unspecified atom stereocenters. The van der Waals surface area contributed by atoms with Gasteiger partial charge in [-0.25, -0.2) is 9.59 Å². The fourth-order valence-corrected chi connectivity index (χ4v) is 2.96. The van der Waals surface area contributed by atoms with E-state index in [2.05, 4.69) is 0 Å². The number of nitrogens with zero attached hydrogens (tertiary/aromatic N) is 1. The fraction of sp³-hybridized carbons (Fsp3) is 0.250. The molecule has 2 aromatic carbocycles. The van der Waals surface area contributed by atoms with E-state index in [1.165, 1.54) is 10.6 Å². The van der Waals surface area contributed by atoms with Crippen LogP contribution in [0, 0.1) is 0 Å². The lowest BCUT2D eigenvalue weighted by Crippen LogP contribution is -2.16. The second-order valence-electron chi connectivity index (χ2n) is 6.74. The molecule has 0 aliphatic heterocycles. The molecule has 0 fully saturated rings. The summed E-state index contributed by atoms with van der Waals surface area (Å²) < 4.78 is 17.5. The second-order valence-corrected chi connectivity index (χ2v) is 6.74. The number of ether oxygens (including phenoxy) is 2. The quantitative estimate of drug-likeness (QED) is 0.296. The van der Waals surface area contributed by atoms with Crippen LogP contribution < -0.4 is 10.5 Å². The molecule has 0 bridgehead atoms. The highest BCUT2D eigenvalue weighted by molar-refractivity contribution is 5.88. The summed E-state index contributed by atoms with van der Waals surface area (Å²) >= 11 is 0. The van der Waals surface area contributed by atoms with E-state index in [0.717, 1.165) is 18.4 Å². The van der Waals surface area contributed by atoms with Gasteiger partial charge in [-0.05, 0) is 42.3 Å². The Kier molecular flexibility index (Phi) is 7.27. The maximum absolute atomic E-state index is 12.6. The van der Waals surface area contributed by atoms with E-state index in [0.29, 0.717) is 35.9 Å². The Hall–Kier alpha value is -3.54. The number of benzene rings is 2. The molecule has 0 aliphatic carbocycles. The van der Waals surface area contributed by atoms with Crippen molar-refractivity contribution in [3.05, 3.63) is 82.5 Å². The summed E-state index contributed by atoms with van der Waals surface area (Å²) in [6.07, 6.45) is 4.65. The van der Waals surface area contributed by atoms with Gasteiger partial charge in [0.25, 0.3) is 0 Å². The first-order valence-corrected chi connectivity index (χ1v) is 9.89. The van der Waals surface area contributed by atoms with Crippen molar-refractivity contribution in [1.29, 1.82) is 0 Å². The number of unbranched alkanes of at least 4 members (excludes halogenated alkanes) is 1. The Bertz CT molecular complexity index is 1050. The maximum atomic E-state index is 12.6. The van der Waals surface area contributed by atoms with E-state index >= 15 is 0 Å². The van der Waals surface area contributed by atoms with Gasteiger partial charge in [0.2, 0.25) is 0 Å². The number of methoxy groups -OCH3 is 1. The number of hydrogen-bond acceptors (Lipinski definition) is 5. The monoisotopic (exact) mass is 407 g/mol. The second kappa shape index (κ2) is 10.3. The van der Waals surface area contributed by atoms with Crippen molar-refractivity contribution in [3.8, 4) is 17.1 Å². The molecule has 156 valence electrons. The molecule has 0 saturated carbocycles. The smallest absolute Gasteiger partial charge is 0.420 e. The maximum Gasteiger partial charge on any atom is 0.420 e. The Balaban J connectivity index is 1.98. The third-order valence-electron chi connectivity index (χ3n) is 4.59. The van der Waals surface area contributed by atoms with Crippen molar-refractivity contribution in [2.45, 2.75) is 26.3 Å². The number of oxazole rings is 1. The van der Waals surface area contributed by atoms with Crippen molar-refractivity contribution in [2.24, 2.45) is 0 Å². The predicted octanol–water partition coefficient (Wildman–Crippen LogP) is 4.52. The van der Waals surface area contributed by atoms with Gasteiger partial charge >= 0.3 is 11.7 Å². The molecule has 0 amide bonds. The zero-order chi connectivity index (χ0) is 21.3. The first kappa shape index (κ1) is 21.2. The molecule has 6 heteroatoms. The van der Waals surface area contributed by atoms with E-state index < -0.39 is 11.7 Å². The summed E-state index contributed by atoms with van der Waals surface area (Å²) in [6.45, 7) is 2.72. The summed E-state index contributed by atoms with van der Waals surface area (Å²) in [5, 5.41) is 0. The van der Waals surface area contributed by atoms with Crippen molar-refractivity contribution in [3.63, 3.8) is 0 Å². The molecule has 1 aromatic heterocycles. The lowest BCUT2D eigenvalue weighted by Gasteiger charge is -2.06. The number of rotatable bonds is 9. The highest BCUT2D eigenvalue weighted by Gasteiger charge is 2.17. The zero-order valence-electron chi connectivity index (χ0n) is 17.2. The van der Waals surface area contributed by atoms with E-state index in [1.807, 2.05) is 37.3 Å². The van der Waals surface area contributed by atoms with Gasteiger partial charge in [-0.3, -0.25) is 4.57 Å². The summed E-state index contributed by atoms with van der Waals surface area (Å²) in [5.74, 6) is 0.130. The lowest BCUT2D eigenvalue weighted by molar-refractivity contribution is -0.137. The SMILES string of the molecule is CCCCOC(=O)/C=C/c1c(-c2ccc(OC)cc2)oc(=O)n1Cc1ccccc1. The van der Waals surface area contributed by atoms with Gasteiger partial charge in [-0.2, -0.15) is 0 Å². The van der Waals surface area contributed by atoms with Crippen LogP contribution in [0.3, 0.4) is 0 Å². The van der Waals surface area contributed by atoms with Crippen molar-refractivity contribution in [1.82, 2.24) is 4.57 Å². The van der Waals surface area contributed by atoms with Crippen molar-refractivity contribution >= 4 is 12.0 Å². The summed E-state index contributed by atoms with van der Waals surface area (Å²) in [6, 6.07) is 16.8. The number of carbonyl (C=O) groups is 1. The molecule has 3 aromatic rings. The molecule has 30 heavy (non-hydrogen) atoms. The first-order chi connectivity index (χ1) is 14.6. The Morgan fingerprint density at radius 1 is 1.10 bits per heavy atom. The van der Waals surface area contributed by atoms with Crippen LogP contribution in [-0.2, 0) is 16.1 Å². The number of aromatic nitrogens is 1. The van der Waals surface area contributed by atoms with Gasteiger partial charge in [-0.15, -0.1) is 0 Å². The molecule has 1 heterocycles. The lowest BCUT2D eigenvalue weighted by atomic mass is 10.1. The molecule has 0 saturated heterocycles. The molecule has 0 N–H and O–H groups in total. The summed E-state index contributed by atoms with van der Waals surface area (Å²) in [4.78, 5) is 24.7. The average molecular weight is 407 g/mol. The molecule has 3 rings (SSSR count). The van der Waals surface area contributed by atoms with Gasteiger partial charge in [0.15, 0.2) is 5.76 Å². The van der Waals surface area contributed by atoms with Crippen LogP contribution in [0.25, 0.3) is 17.4 Å².